The fourth-order valence-corrected chi connectivity index (χ4v) is 2.39. The zero-order chi connectivity index (χ0) is 15.8. The normalized spacial score (nSPS) is 11.2. The van der Waals surface area contributed by atoms with E-state index in [1.807, 2.05) is 0 Å². The first kappa shape index (κ1) is 17.7. The third-order valence-electron chi connectivity index (χ3n) is 3.39. The summed E-state index contributed by atoms with van der Waals surface area (Å²) in [6.45, 7) is 12.6. The number of nitrogens with zero attached hydrogens (tertiary/aromatic N) is 4. The highest BCUT2D eigenvalue weighted by Crippen LogP contribution is 2.30. The van der Waals surface area contributed by atoms with Gasteiger partial charge in [0.25, 0.3) is 0 Å². The molecule has 1 N–H and O–H groups in total. The maximum absolute atomic E-state index is 4.60. The highest BCUT2D eigenvalue weighted by molar-refractivity contribution is 5.60. The first-order valence-electron chi connectivity index (χ1n) is 7.99. The lowest BCUT2D eigenvalue weighted by Crippen LogP contribution is -2.34. The van der Waals surface area contributed by atoms with Crippen LogP contribution in [0.5, 0.6) is 0 Å². The molecule has 5 nitrogen and oxygen atoms in total. The number of likely N-dealkylation sites (N-methyl/N-ethyl adjacent to an activating group) is 1. The summed E-state index contributed by atoms with van der Waals surface area (Å²) in [5.74, 6) is 2.46. The quantitative estimate of drug-likeness (QED) is 0.758. The van der Waals surface area contributed by atoms with Gasteiger partial charge in [-0.1, -0.05) is 20.8 Å². The van der Waals surface area contributed by atoms with Gasteiger partial charge in [-0.05, 0) is 33.4 Å². The van der Waals surface area contributed by atoms with Crippen molar-refractivity contribution in [3.8, 4) is 0 Å². The molecule has 1 aromatic heterocycles. The van der Waals surface area contributed by atoms with Gasteiger partial charge in [0.1, 0.15) is 18.0 Å². The van der Waals surface area contributed by atoms with E-state index in [1.165, 1.54) is 5.56 Å². The fourth-order valence-electron chi connectivity index (χ4n) is 2.39. The summed E-state index contributed by atoms with van der Waals surface area (Å²) >= 11 is 0. The summed E-state index contributed by atoms with van der Waals surface area (Å²) in [7, 11) is 4.22. The van der Waals surface area contributed by atoms with Crippen LogP contribution in [0.1, 0.15) is 45.6 Å². The SMILES string of the molecule is CCCN(CCN(C)C)c1ncnc(NCC)c1C(C)C. The summed E-state index contributed by atoms with van der Waals surface area (Å²) in [5, 5.41) is 3.37. The number of hydrogen-bond acceptors (Lipinski definition) is 5. The summed E-state index contributed by atoms with van der Waals surface area (Å²) in [6.07, 6.45) is 2.79. The lowest BCUT2D eigenvalue weighted by Gasteiger charge is -2.28. The molecular weight excluding hydrogens is 262 g/mol. The number of rotatable bonds is 9. The van der Waals surface area contributed by atoms with Crippen molar-refractivity contribution < 1.29 is 0 Å². The minimum Gasteiger partial charge on any atom is -0.370 e. The summed E-state index contributed by atoms with van der Waals surface area (Å²) < 4.78 is 0. The van der Waals surface area contributed by atoms with Gasteiger partial charge >= 0.3 is 0 Å². The van der Waals surface area contributed by atoms with Crippen molar-refractivity contribution in [2.75, 3.05) is 50.5 Å². The molecule has 0 aliphatic rings. The number of aromatic nitrogens is 2. The van der Waals surface area contributed by atoms with Crippen LogP contribution in [0.25, 0.3) is 0 Å². The van der Waals surface area contributed by atoms with Gasteiger partial charge < -0.3 is 15.1 Å². The van der Waals surface area contributed by atoms with E-state index in [9.17, 15) is 0 Å². The molecule has 0 radical (unpaired) electrons. The molecule has 0 saturated carbocycles. The Bertz CT molecular complexity index is 417. The molecule has 0 unspecified atom stereocenters. The monoisotopic (exact) mass is 293 g/mol. The molecule has 1 heterocycles. The minimum atomic E-state index is 0.397. The van der Waals surface area contributed by atoms with Crippen LogP contribution in [0, 0.1) is 0 Å². The minimum absolute atomic E-state index is 0.397. The van der Waals surface area contributed by atoms with Gasteiger partial charge in [0.2, 0.25) is 0 Å². The summed E-state index contributed by atoms with van der Waals surface area (Å²) in [6, 6.07) is 0. The second-order valence-electron chi connectivity index (χ2n) is 5.93. The fraction of sp³-hybridized carbons (Fsp3) is 0.750. The summed E-state index contributed by atoms with van der Waals surface area (Å²) in [5.41, 5.74) is 1.23. The van der Waals surface area contributed by atoms with E-state index in [1.54, 1.807) is 6.33 Å². The molecule has 0 fully saturated rings. The van der Waals surface area contributed by atoms with Gasteiger partial charge in [0.05, 0.1) is 0 Å². The average molecular weight is 293 g/mol. The third kappa shape index (κ3) is 5.16. The molecule has 0 aromatic carbocycles. The van der Waals surface area contributed by atoms with Crippen molar-refractivity contribution in [2.45, 2.75) is 40.0 Å². The third-order valence-corrected chi connectivity index (χ3v) is 3.39. The molecule has 0 amide bonds. The van der Waals surface area contributed by atoms with Crippen LogP contribution >= 0.6 is 0 Å². The van der Waals surface area contributed by atoms with Gasteiger partial charge in [0, 0.05) is 31.7 Å². The number of nitrogens with one attached hydrogen (secondary N) is 1. The molecule has 1 aromatic rings. The standard InChI is InChI=1S/C16H31N5/c1-7-9-21(11-10-20(5)6)16-14(13(3)4)15(17-8-2)18-12-19-16/h12-13H,7-11H2,1-6H3,(H,17,18,19). The van der Waals surface area contributed by atoms with E-state index >= 15 is 0 Å². The Morgan fingerprint density at radius 2 is 1.81 bits per heavy atom. The largest absolute Gasteiger partial charge is 0.370 e. The van der Waals surface area contributed by atoms with E-state index in [0.29, 0.717) is 5.92 Å². The molecule has 5 heteroatoms. The van der Waals surface area contributed by atoms with Crippen molar-refractivity contribution in [1.82, 2.24) is 14.9 Å². The predicted molar refractivity (Wildman–Crippen MR) is 91.3 cm³/mol. The zero-order valence-electron chi connectivity index (χ0n) is 14.5. The van der Waals surface area contributed by atoms with Crippen LogP contribution < -0.4 is 10.2 Å². The molecule has 0 aliphatic heterocycles. The van der Waals surface area contributed by atoms with Crippen LogP contribution in [0.4, 0.5) is 11.6 Å². The van der Waals surface area contributed by atoms with E-state index in [4.69, 9.17) is 0 Å². The maximum Gasteiger partial charge on any atom is 0.137 e. The molecule has 0 saturated heterocycles. The van der Waals surface area contributed by atoms with Crippen molar-refractivity contribution in [3.05, 3.63) is 11.9 Å². The van der Waals surface area contributed by atoms with Gasteiger partial charge in [-0.15, -0.1) is 0 Å². The Balaban J connectivity index is 3.13. The van der Waals surface area contributed by atoms with Crippen LogP contribution in [0.2, 0.25) is 0 Å². The predicted octanol–water partition coefficient (Wildman–Crippen LogP) is 2.81. The van der Waals surface area contributed by atoms with E-state index in [-0.39, 0.29) is 0 Å². The molecule has 0 bridgehead atoms. The van der Waals surface area contributed by atoms with Crippen molar-refractivity contribution in [2.24, 2.45) is 0 Å². The van der Waals surface area contributed by atoms with Crippen molar-refractivity contribution in [3.63, 3.8) is 0 Å². The van der Waals surface area contributed by atoms with Crippen LogP contribution in [0.3, 0.4) is 0 Å². The Labute approximate surface area is 129 Å². The topological polar surface area (TPSA) is 44.3 Å². The zero-order valence-corrected chi connectivity index (χ0v) is 14.5. The average Bonchev–Trinajstić information content (AvgIpc) is 2.43. The first-order chi connectivity index (χ1) is 10.0. The molecule has 0 atom stereocenters. The number of hydrogen-bond donors (Lipinski definition) is 1. The van der Waals surface area contributed by atoms with Gasteiger partial charge in [-0.3, -0.25) is 0 Å². The first-order valence-corrected chi connectivity index (χ1v) is 7.99. The van der Waals surface area contributed by atoms with Crippen LogP contribution in [-0.2, 0) is 0 Å². The van der Waals surface area contributed by atoms with Gasteiger partial charge in [0.15, 0.2) is 0 Å². The van der Waals surface area contributed by atoms with Crippen molar-refractivity contribution >= 4 is 11.6 Å². The maximum atomic E-state index is 4.60. The molecule has 0 spiro atoms. The Morgan fingerprint density at radius 1 is 1.10 bits per heavy atom. The molecule has 0 aliphatic carbocycles. The lowest BCUT2D eigenvalue weighted by molar-refractivity contribution is 0.412. The molecule has 1 rings (SSSR count). The Kier molecular flexibility index (Phi) is 7.43. The van der Waals surface area contributed by atoms with Gasteiger partial charge in [-0.25, -0.2) is 9.97 Å². The lowest BCUT2D eigenvalue weighted by atomic mass is 10.0. The number of anilines is 2. The Morgan fingerprint density at radius 3 is 2.33 bits per heavy atom. The Hall–Kier alpha value is -1.36. The highest BCUT2D eigenvalue weighted by atomic mass is 15.2. The van der Waals surface area contributed by atoms with Crippen molar-refractivity contribution in [1.29, 1.82) is 0 Å². The summed E-state index contributed by atoms with van der Waals surface area (Å²) in [4.78, 5) is 13.6. The molecule has 21 heavy (non-hydrogen) atoms. The van der Waals surface area contributed by atoms with Gasteiger partial charge in [-0.2, -0.15) is 0 Å². The second-order valence-corrected chi connectivity index (χ2v) is 5.93. The van der Waals surface area contributed by atoms with Crippen LogP contribution in [0.15, 0.2) is 6.33 Å². The molecular formula is C16H31N5. The van der Waals surface area contributed by atoms with E-state index < -0.39 is 0 Å². The van der Waals surface area contributed by atoms with E-state index in [0.717, 1.165) is 44.2 Å². The smallest absolute Gasteiger partial charge is 0.137 e. The second kappa shape index (κ2) is 8.82. The van der Waals surface area contributed by atoms with E-state index in [2.05, 4.69) is 66.9 Å². The molecule has 120 valence electrons. The van der Waals surface area contributed by atoms with Crippen LogP contribution in [-0.4, -0.2) is 55.1 Å². The highest BCUT2D eigenvalue weighted by Gasteiger charge is 2.19.